The molecule has 3 aromatic heterocycles. The Morgan fingerprint density at radius 1 is 1.17 bits per heavy atom. The van der Waals surface area contributed by atoms with E-state index >= 15 is 0 Å². The van der Waals surface area contributed by atoms with Crippen LogP contribution in [-0.4, -0.2) is 42.3 Å². The topological polar surface area (TPSA) is 135 Å². The number of aliphatic carboxylic acids is 1. The number of halogens is 3. The number of aryl methyl sites for hydroxylation is 1. The number of nitrogens with zero attached hydrogens (tertiary/aromatic N) is 4. The van der Waals surface area contributed by atoms with Gasteiger partial charge < -0.3 is 15.9 Å². The van der Waals surface area contributed by atoms with Gasteiger partial charge in [0.25, 0.3) is 0 Å². The van der Waals surface area contributed by atoms with Gasteiger partial charge in [0.05, 0.1) is 0 Å². The molecule has 4 N–H and O–H groups in total. The molecule has 0 radical (unpaired) electrons. The van der Waals surface area contributed by atoms with E-state index in [2.05, 4.69) is 31.8 Å². The molecule has 0 spiro atoms. The number of thiazole rings is 1. The Kier molecular flexibility index (Phi) is 7.33. The van der Waals surface area contributed by atoms with Gasteiger partial charge >= 0.3 is 12.1 Å². The number of hydrogen-bond acceptors (Lipinski definition) is 8. The summed E-state index contributed by atoms with van der Waals surface area (Å²) in [5.74, 6) is 4.06. The van der Waals surface area contributed by atoms with Crippen molar-refractivity contribution in [3.05, 3.63) is 64.4 Å². The van der Waals surface area contributed by atoms with Crippen LogP contribution in [0.25, 0.3) is 22.3 Å². The highest BCUT2D eigenvalue weighted by atomic mass is 32.1. The van der Waals surface area contributed by atoms with Gasteiger partial charge in [-0.05, 0) is 31.5 Å². The van der Waals surface area contributed by atoms with Crippen molar-refractivity contribution in [2.75, 3.05) is 5.73 Å². The summed E-state index contributed by atoms with van der Waals surface area (Å²) < 4.78 is 31.7. The third-order valence-corrected chi connectivity index (χ3v) is 5.50. The van der Waals surface area contributed by atoms with E-state index < -0.39 is 17.7 Å². The molecule has 0 bridgehead atoms. The molecule has 12 heteroatoms. The predicted octanol–water partition coefficient (Wildman–Crippen LogP) is 3.93. The van der Waals surface area contributed by atoms with Crippen LogP contribution in [0.1, 0.15) is 23.1 Å². The zero-order valence-corrected chi connectivity index (χ0v) is 19.1. The summed E-state index contributed by atoms with van der Waals surface area (Å²) >= 11 is 1.37. The van der Waals surface area contributed by atoms with E-state index in [1.54, 1.807) is 25.5 Å². The fourth-order valence-electron chi connectivity index (χ4n) is 2.75. The Labute approximate surface area is 201 Å². The maximum absolute atomic E-state index is 10.6. The summed E-state index contributed by atoms with van der Waals surface area (Å²) in [6, 6.07) is 7.54. The second-order valence-corrected chi connectivity index (χ2v) is 8.22. The van der Waals surface area contributed by atoms with Crippen molar-refractivity contribution >= 4 is 34.0 Å². The minimum atomic E-state index is -5.08. The van der Waals surface area contributed by atoms with Crippen molar-refractivity contribution < 1.29 is 28.2 Å². The quantitative estimate of drug-likeness (QED) is 0.352. The van der Waals surface area contributed by atoms with Crippen LogP contribution < -0.4 is 5.73 Å². The lowest BCUT2D eigenvalue weighted by Crippen LogP contribution is -2.21. The van der Waals surface area contributed by atoms with Crippen molar-refractivity contribution in [1.29, 1.82) is 0 Å². The van der Waals surface area contributed by atoms with Crippen molar-refractivity contribution in [3.8, 4) is 23.2 Å². The highest BCUT2D eigenvalue weighted by Crippen LogP contribution is 2.25. The van der Waals surface area contributed by atoms with E-state index in [-0.39, 0.29) is 0 Å². The lowest BCUT2D eigenvalue weighted by Gasteiger charge is -2.12. The summed E-state index contributed by atoms with van der Waals surface area (Å²) in [7, 11) is 0. The number of nitrogens with two attached hydrogens (primary N) is 1. The molecule has 1 aromatic carbocycles. The average Bonchev–Trinajstić information content (AvgIpc) is 3.36. The minimum absolute atomic E-state index is 0.375. The molecule has 3 heterocycles. The number of carbonyl (C=O) groups is 1. The zero-order chi connectivity index (χ0) is 25.8. The maximum Gasteiger partial charge on any atom is 0.490 e. The van der Waals surface area contributed by atoms with Crippen molar-refractivity contribution in [2.24, 2.45) is 0 Å². The molecule has 4 aromatic rings. The molecule has 0 saturated heterocycles. The second-order valence-electron chi connectivity index (χ2n) is 7.33. The monoisotopic (exact) mass is 501 g/mol. The second kappa shape index (κ2) is 10.0. The minimum Gasteiger partial charge on any atom is -0.475 e. The van der Waals surface area contributed by atoms with Gasteiger partial charge in [0, 0.05) is 40.5 Å². The number of pyridine rings is 1. The van der Waals surface area contributed by atoms with Gasteiger partial charge in [-0.1, -0.05) is 24.0 Å². The number of nitrogen functional groups attached to an aromatic ring is 1. The zero-order valence-electron chi connectivity index (χ0n) is 18.3. The number of aromatic nitrogens is 4. The lowest BCUT2D eigenvalue weighted by molar-refractivity contribution is -0.192. The number of hydrogen-bond donors (Lipinski definition) is 3. The predicted molar refractivity (Wildman–Crippen MR) is 124 cm³/mol. The van der Waals surface area contributed by atoms with Crippen LogP contribution in [0.2, 0.25) is 0 Å². The number of anilines is 1. The Balaban J connectivity index is 0.000000429. The van der Waals surface area contributed by atoms with Crippen LogP contribution in [0.4, 0.5) is 19.0 Å². The first-order valence-corrected chi connectivity index (χ1v) is 10.7. The number of rotatable bonds is 2. The molecule has 0 aliphatic rings. The first-order chi connectivity index (χ1) is 16.4. The van der Waals surface area contributed by atoms with Crippen LogP contribution in [0.3, 0.4) is 0 Å². The Hall–Kier alpha value is -4.08. The summed E-state index contributed by atoms with van der Waals surface area (Å²) in [6.45, 7) is 3.58. The normalized spacial score (nSPS) is 12.6. The molecule has 0 aliphatic carbocycles. The van der Waals surface area contributed by atoms with E-state index in [1.807, 2.05) is 36.6 Å². The third-order valence-electron chi connectivity index (χ3n) is 4.52. The number of alkyl halides is 3. The van der Waals surface area contributed by atoms with E-state index in [1.165, 1.54) is 11.3 Å². The molecule has 0 fully saturated rings. The molecule has 180 valence electrons. The van der Waals surface area contributed by atoms with Gasteiger partial charge in [-0.3, -0.25) is 0 Å². The maximum atomic E-state index is 10.6. The molecule has 35 heavy (non-hydrogen) atoms. The number of benzene rings is 1. The van der Waals surface area contributed by atoms with E-state index in [0.29, 0.717) is 22.2 Å². The molecule has 1 atom stereocenters. The molecule has 0 saturated carbocycles. The third kappa shape index (κ3) is 6.28. The lowest BCUT2D eigenvalue weighted by atomic mass is 10.1. The van der Waals surface area contributed by atoms with E-state index in [0.717, 1.165) is 22.1 Å². The van der Waals surface area contributed by atoms with Crippen LogP contribution >= 0.6 is 11.3 Å². The van der Waals surface area contributed by atoms with Gasteiger partial charge in [0.1, 0.15) is 16.3 Å². The van der Waals surface area contributed by atoms with Crippen molar-refractivity contribution in [3.63, 3.8) is 0 Å². The number of carboxylic acid groups (broad SMARTS) is 1. The van der Waals surface area contributed by atoms with Crippen LogP contribution in [0.5, 0.6) is 0 Å². The summed E-state index contributed by atoms with van der Waals surface area (Å²) in [5, 5.41) is 20.9. The van der Waals surface area contributed by atoms with E-state index in [4.69, 9.17) is 15.6 Å². The number of carboxylic acids is 1. The van der Waals surface area contributed by atoms with Gasteiger partial charge in [0.15, 0.2) is 11.4 Å². The SMILES string of the molecule is Cc1cnc(N)c2nc(-c3cccc(C#CC(C)(O)c4nccs4)c3)ncc12.O=C(O)C(F)(F)F. The van der Waals surface area contributed by atoms with Gasteiger partial charge in [-0.15, -0.1) is 11.3 Å². The van der Waals surface area contributed by atoms with Gasteiger partial charge in [-0.2, -0.15) is 13.2 Å². The number of fused-ring (bicyclic) bond motifs is 1. The Morgan fingerprint density at radius 2 is 1.89 bits per heavy atom. The van der Waals surface area contributed by atoms with Gasteiger partial charge in [0.2, 0.25) is 0 Å². The summed E-state index contributed by atoms with van der Waals surface area (Å²) in [5.41, 5.74) is 7.84. The first kappa shape index (κ1) is 25.5. The fraction of sp³-hybridized carbons (Fsp3) is 0.174. The highest BCUT2D eigenvalue weighted by Gasteiger charge is 2.38. The average molecular weight is 501 g/mol. The highest BCUT2D eigenvalue weighted by molar-refractivity contribution is 7.09. The molecule has 4 rings (SSSR count). The van der Waals surface area contributed by atoms with E-state index in [9.17, 15) is 18.3 Å². The first-order valence-electron chi connectivity index (χ1n) is 9.82. The van der Waals surface area contributed by atoms with Crippen molar-refractivity contribution in [1.82, 2.24) is 19.9 Å². The van der Waals surface area contributed by atoms with Crippen LogP contribution in [0, 0.1) is 18.8 Å². The Bertz CT molecular complexity index is 1430. The fourth-order valence-corrected chi connectivity index (χ4v) is 3.40. The molecule has 8 nitrogen and oxygen atoms in total. The molecule has 0 amide bonds. The van der Waals surface area contributed by atoms with Crippen LogP contribution in [0.15, 0.2) is 48.2 Å². The standard InChI is InChI=1S/C21H17N5OS.C2HF3O2/c1-13-11-24-18(22)17-16(13)12-25-19(26-17)15-5-3-4-14(10-15)6-7-21(2,27)20-23-8-9-28-20;3-2(4,5)1(6)7/h3-5,8-12,27H,1-2H3,(H2,22,24);(H,6,7). The Morgan fingerprint density at radius 3 is 2.51 bits per heavy atom. The number of aliphatic hydroxyl groups is 1. The molecular weight excluding hydrogens is 483 g/mol. The molecule has 0 aliphatic heterocycles. The smallest absolute Gasteiger partial charge is 0.475 e. The largest absolute Gasteiger partial charge is 0.490 e. The van der Waals surface area contributed by atoms with Gasteiger partial charge in [-0.25, -0.2) is 24.7 Å². The summed E-state index contributed by atoms with van der Waals surface area (Å²) in [4.78, 5) is 26.3. The molecular formula is C23H18F3N5O3S. The molecule has 1 unspecified atom stereocenters. The van der Waals surface area contributed by atoms with Crippen molar-refractivity contribution in [2.45, 2.75) is 25.6 Å². The summed E-state index contributed by atoms with van der Waals surface area (Å²) in [6.07, 6.45) is 0.0397. The van der Waals surface area contributed by atoms with Crippen LogP contribution in [-0.2, 0) is 10.4 Å².